The third-order valence-electron chi connectivity index (χ3n) is 3.81. The lowest BCUT2D eigenvalue weighted by Gasteiger charge is -2.16. The van der Waals surface area contributed by atoms with Crippen molar-refractivity contribution in [2.75, 3.05) is 5.32 Å². The number of hydrogen-bond acceptors (Lipinski definition) is 4. The van der Waals surface area contributed by atoms with Crippen LogP contribution in [-0.4, -0.2) is 20.4 Å². The zero-order chi connectivity index (χ0) is 14.2. The lowest BCUT2D eigenvalue weighted by atomic mass is 10.2. The molecular weight excluding hydrogens is 284 g/mol. The second-order valence-corrected chi connectivity index (χ2v) is 6.04. The molecule has 0 radical (unpaired) electrons. The van der Waals surface area contributed by atoms with E-state index in [9.17, 15) is 4.79 Å². The summed E-state index contributed by atoms with van der Waals surface area (Å²) in [5, 5.41) is 2.97. The molecule has 21 heavy (non-hydrogen) atoms. The van der Waals surface area contributed by atoms with Crippen LogP contribution >= 0.6 is 11.3 Å². The van der Waals surface area contributed by atoms with Crippen LogP contribution in [-0.2, 0) is 13.0 Å². The normalized spacial score (nSPS) is 14.1. The van der Waals surface area contributed by atoms with E-state index in [-0.39, 0.29) is 5.91 Å². The third-order valence-corrected chi connectivity index (χ3v) is 4.60. The number of imidazole rings is 1. The maximum atomic E-state index is 12.4. The van der Waals surface area contributed by atoms with Crippen LogP contribution in [0.5, 0.6) is 0 Å². The van der Waals surface area contributed by atoms with Crippen LogP contribution < -0.4 is 5.32 Å². The monoisotopic (exact) mass is 298 g/mol. The number of carbonyl (C=O) groups excluding carboxylic acids is 1. The number of thiazole rings is 1. The summed E-state index contributed by atoms with van der Waals surface area (Å²) in [7, 11) is 0. The van der Waals surface area contributed by atoms with Crippen molar-refractivity contribution in [3.63, 3.8) is 0 Å². The molecule has 0 bridgehead atoms. The van der Waals surface area contributed by atoms with Crippen LogP contribution in [0.3, 0.4) is 0 Å². The highest BCUT2D eigenvalue weighted by Crippen LogP contribution is 2.22. The van der Waals surface area contributed by atoms with Crippen molar-refractivity contribution < 1.29 is 4.79 Å². The minimum atomic E-state index is -0.0985. The Morgan fingerprint density at radius 2 is 2.24 bits per heavy atom. The Labute approximate surface area is 125 Å². The van der Waals surface area contributed by atoms with Crippen LogP contribution in [0.2, 0.25) is 0 Å². The van der Waals surface area contributed by atoms with E-state index in [0.29, 0.717) is 5.56 Å². The van der Waals surface area contributed by atoms with Crippen molar-refractivity contribution in [3.8, 4) is 0 Å². The van der Waals surface area contributed by atoms with E-state index < -0.39 is 0 Å². The molecule has 0 fully saturated rings. The number of rotatable bonds is 2. The SMILES string of the molecule is O=C(Nc1cnc2n1CCCC2)c1ccc2ncsc2c1. The molecule has 1 aliphatic rings. The maximum Gasteiger partial charge on any atom is 0.256 e. The Morgan fingerprint density at radius 3 is 3.19 bits per heavy atom. The molecule has 0 atom stereocenters. The van der Waals surface area contributed by atoms with Gasteiger partial charge in [-0.15, -0.1) is 11.3 Å². The third kappa shape index (κ3) is 2.21. The van der Waals surface area contributed by atoms with Gasteiger partial charge in [0.05, 0.1) is 21.9 Å². The van der Waals surface area contributed by atoms with E-state index in [0.717, 1.165) is 41.2 Å². The van der Waals surface area contributed by atoms with E-state index in [1.165, 1.54) is 6.42 Å². The Bertz CT molecular complexity index is 820. The van der Waals surface area contributed by atoms with Gasteiger partial charge >= 0.3 is 0 Å². The zero-order valence-corrected chi connectivity index (χ0v) is 12.2. The molecule has 4 rings (SSSR count). The van der Waals surface area contributed by atoms with E-state index in [2.05, 4.69) is 19.9 Å². The van der Waals surface area contributed by atoms with Crippen molar-refractivity contribution in [1.29, 1.82) is 0 Å². The highest BCUT2D eigenvalue weighted by atomic mass is 32.1. The van der Waals surface area contributed by atoms with Crippen molar-refractivity contribution in [2.45, 2.75) is 25.8 Å². The minimum absolute atomic E-state index is 0.0985. The quantitative estimate of drug-likeness (QED) is 0.791. The van der Waals surface area contributed by atoms with Gasteiger partial charge in [-0.3, -0.25) is 4.79 Å². The first kappa shape index (κ1) is 12.5. The number of benzene rings is 1. The standard InChI is InChI=1S/C15H14N4OS/c20-15(10-4-5-11-12(7-10)21-9-17-11)18-14-8-16-13-3-1-2-6-19(13)14/h4-5,7-9H,1-3,6H2,(H,18,20). The van der Waals surface area contributed by atoms with Gasteiger partial charge in [0.1, 0.15) is 11.6 Å². The molecule has 3 heterocycles. The first-order valence-corrected chi connectivity index (χ1v) is 7.88. The second-order valence-electron chi connectivity index (χ2n) is 5.16. The van der Waals surface area contributed by atoms with Gasteiger partial charge in [-0.2, -0.15) is 0 Å². The van der Waals surface area contributed by atoms with Crippen LogP contribution in [0.15, 0.2) is 29.9 Å². The molecule has 0 unspecified atom stereocenters. The first-order chi connectivity index (χ1) is 10.3. The van der Waals surface area contributed by atoms with Crippen LogP contribution in [0, 0.1) is 0 Å². The fourth-order valence-corrected chi connectivity index (χ4v) is 3.42. The molecule has 0 saturated heterocycles. The summed E-state index contributed by atoms with van der Waals surface area (Å²) in [5.41, 5.74) is 3.37. The average Bonchev–Trinajstić information content (AvgIpc) is 3.13. The topological polar surface area (TPSA) is 59.8 Å². The summed E-state index contributed by atoms with van der Waals surface area (Å²) in [6.07, 6.45) is 5.05. The predicted octanol–water partition coefficient (Wildman–Crippen LogP) is 3.08. The largest absolute Gasteiger partial charge is 0.315 e. The Balaban J connectivity index is 1.61. The lowest BCUT2D eigenvalue weighted by Crippen LogP contribution is -2.18. The fourth-order valence-electron chi connectivity index (χ4n) is 2.70. The van der Waals surface area contributed by atoms with Crippen LogP contribution in [0.4, 0.5) is 5.82 Å². The van der Waals surface area contributed by atoms with Crippen molar-refractivity contribution in [1.82, 2.24) is 14.5 Å². The van der Waals surface area contributed by atoms with Gasteiger partial charge in [0, 0.05) is 18.5 Å². The Kier molecular flexibility index (Phi) is 2.96. The lowest BCUT2D eigenvalue weighted by molar-refractivity contribution is 0.102. The number of amides is 1. The van der Waals surface area contributed by atoms with Crippen LogP contribution in [0.25, 0.3) is 10.2 Å². The molecule has 1 aliphatic heterocycles. The fraction of sp³-hybridized carbons (Fsp3) is 0.267. The summed E-state index contributed by atoms with van der Waals surface area (Å²) in [5.74, 6) is 1.76. The predicted molar refractivity (Wildman–Crippen MR) is 82.7 cm³/mol. The molecule has 0 spiro atoms. The molecule has 1 amide bonds. The summed E-state index contributed by atoms with van der Waals surface area (Å²) >= 11 is 1.54. The van der Waals surface area contributed by atoms with E-state index in [1.54, 1.807) is 23.0 Å². The highest BCUT2D eigenvalue weighted by molar-refractivity contribution is 7.16. The molecule has 5 nitrogen and oxygen atoms in total. The molecule has 106 valence electrons. The zero-order valence-electron chi connectivity index (χ0n) is 11.4. The smallest absolute Gasteiger partial charge is 0.256 e. The molecule has 1 aromatic carbocycles. The molecule has 0 aliphatic carbocycles. The molecule has 3 aromatic rings. The maximum absolute atomic E-state index is 12.4. The number of nitrogens with one attached hydrogen (secondary N) is 1. The summed E-state index contributed by atoms with van der Waals surface area (Å²) in [6, 6.07) is 5.58. The Morgan fingerprint density at radius 1 is 1.29 bits per heavy atom. The molecule has 1 N–H and O–H groups in total. The van der Waals surface area contributed by atoms with E-state index >= 15 is 0 Å². The van der Waals surface area contributed by atoms with Gasteiger partial charge in [-0.1, -0.05) is 0 Å². The Hall–Kier alpha value is -2.21. The van der Waals surface area contributed by atoms with Gasteiger partial charge in [-0.05, 0) is 31.0 Å². The second kappa shape index (κ2) is 4.96. The molecular formula is C15H14N4OS. The van der Waals surface area contributed by atoms with Gasteiger partial charge in [-0.25, -0.2) is 9.97 Å². The van der Waals surface area contributed by atoms with Gasteiger partial charge in [0.2, 0.25) is 0 Å². The highest BCUT2D eigenvalue weighted by Gasteiger charge is 2.16. The summed E-state index contributed by atoms with van der Waals surface area (Å²) in [4.78, 5) is 21.0. The molecule has 0 saturated carbocycles. The minimum Gasteiger partial charge on any atom is -0.315 e. The number of fused-ring (bicyclic) bond motifs is 2. The van der Waals surface area contributed by atoms with Crippen molar-refractivity contribution in [2.24, 2.45) is 0 Å². The summed E-state index contributed by atoms with van der Waals surface area (Å²) in [6.45, 7) is 0.929. The number of carbonyl (C=O) groups is 1. The number of aryl methyl sites for hydroxylation is 1. The molecule has 6 heteroatoms. The van der Waals surface area contributed by atoms with E-state index in [4.69, 9.17) is 0 Å². The van der Waals surface area contributed by atoms with Gasteiger partial charge < -0.3 is 9.88 Å². The summed E-state index contributed by atoms with van der Waals surface area (Å²) < 4.78 is 3.13. The number of hydrogen-bond donors (Lipinski definition) is 1. The number of aromatic nitrogens is 3. The van der Waals surface area contributed by atoms with Gasteiger partial charge in [0.15, 0.2) is 0 Å². The first-order valence-electron chi connectivity index (χ1n) is 7.00. The number of nitrogens with zero attached hydrogens (tertiary/aromatic N) is 3. The van der Waals surface area contributed by atoms with Gasteiger partial charge in [0.25, 0.3) is 5.91 Å². The van der Waals surface area contributed by atoms with Crippen LogP contribution in [0.1, 0.15) is 29.0 Å². The van der Waals surface area contributed by atoms with Crippen molar-refractivity contribution >= 4 is 33.3 Å². The number of anilines is 1. The average molecular weight is 298 g/mol. The molecule has 2 aromatic heterocycles. The van der Waals surface area contributed by atoms with E-state index in [1.807, 2.05) is 18.2 Å². The van der Waals surface area contributed by atoms with Crippen molar-refractivity contribution in [3.05, 3.63) is 41.3 Å².